The maximum atomic E-state index is 12.4. The molecular formula is C15H11ClN2O2S. The molecule has 1 heterocycles. The second-order valence-corrected chi connectivity index (χ2v) is 6.50. The summed E-state index contributed by atoms with van der Waals surface area (Å²) in [7, 11) is -3.64. The summed E-state index contributed by atoms with van der Waals surface area (Å²) in [5, 5.41) is 1.14. The van der Waals surface area contributed by atoms with Crippen molar-refractivity contribution in [2.24, 2.45) is 0 Å². The zero-order valence-electron chi connectivity index (χ0n) is 10.8. The molecule has 0 aliphatic carbocycles. The zero-order chi connectivity index (χ0) is 14.9. The Labute approximate surface area is 127 Å². The highest BCUT2D eigenvalue weighted by atomic mass is 35.5. The second-order valence-electron chi connectivity index (χ2n) is 4.41. The van der Waals surface area contributed by atoms with Crippen molar-refractivity contribution in [3.8, 4) is 0 Å². The molecule has 0 aliphatic rings. The monoisotopic (exact) mass is 318 g/mol. The van der Waals surface area contributed by atoms with Crippen molar-refractivity contribution in [1.29, 1.82) is 0 Å². The number of rotatable bonds is 3. The maximum absolute atomic E-state index is 12.4. The Balaban J connectivity index is 2.09. The van der Waals surface area contributed by atoms with Crippen LogP contribution in [0, 0.1) is 0 Å². The molecule has 0 radical (unpaired) electrons. The summed E-state index contributed by atoms with van der Waals surface area (Å²) >= 11 is 6.08. The Morgan fingerprint density at radius 3 is 2.48 bits per heavy atom. The lowest BCUT2D eigenvalue weighted by Gasteiger charge is -2.11. The number of sulfonamides is 1. The van der Waals surface area contributed by atoms with E-state index in [1.807, 2.05) is 0 Å². The molecular weight excluding hydrogens is 308 g/mol. The molecule has 0 saturated heterocycles. The van der Waals surface area contributed by atoms with E-state index in [9.17, 15) is 8.42 Å². The fraction of sp³-hybridized carbons (Fsp3) is 0. The minimum Gasteiger partial charge on any atom is -0.279 e. The highest BCUT2D eigenvalue weighted by Gasteiger charge is 2.15. The van der Waals surface area contributed by atoms with Gasteiger partial charge in [-0.15, -0.1) is 0 Å². The number of anilines is 1. The van der Waals surface area contributed by atoms with Crippen LogP contribution in [0.4, 0.5) is 5.69 Å². The summed E-state index contributed by atoms with van der Waals surface area (Å²) < 4.78 is 27.3. The Morgan fingerprint density at radius 1 is 0.952 bits per heavy atom. The predicted octanol–water partition coefficient (Wildman–Crippen LogP) is 3.69. The van der Waals surface area contributed by atoms with E-state index < -0.39 is 10.0 Å². The lowest BCUT2D eigenvalue weighted by Crippen LogP contribution is -2.13. The van der Waals surface area contributed by atoms with Crippen molar-refractivity contribution in [3.05, 3.63) is 65.8 Å². The van der Waals surface area contributed by atoms with Crippen LogP contribution in [-0.2, 0) is 10.0 Å². The lowest BCUT2D eigenvalue weighted by atomic mass is 10.2. The Morgan fingerprint density at radius 2 is 1.71 bits per heavy atom. The number of nitrogens with one attached hydrogen (secondary N) is 1. The number of nitrogens with zero attached hydrogens (tertiary/aromatic N) is 1. The topological polar surface area (TPSA) is 59.1 Å². The minimum absolute atomic E-state index is 0.206. The van der Waals surface area contributed by atoms with Crippen LogP contribution < -0.4 is 4.72 Å². The van der Waals surface area contributed by atoms with Crippen LogP contribution in [0.2, 0.25) is 5.02 Å². The molecule has 2 aromatic carbocycles. The van der Waals surface area contributed by atoms with Gasteiger partial charge < -0.3 is 0 Å². The van der Waals surface area contributed by atoms with Crippen molar-refractivity contribution in [2.45, 2.75) is 4.90 Å². The lowest BCUT2D eigenvalue weighted by molar-refractivity contribution is 0.601. The molecule has 0 bridgehead atoms. The predicted molar refractivity (Wildman–Crippen MR) is 84.0 cm³/mol. The van der Waals surface area contributed by atoms with Crippen LogP contribution in [0.25, 0.3) is 10.9 Å². The van der Waals surface area contributed by atoms with Gasteiger partial charge in [-0.05, 0) is 36.4 Å². The number of pyridine rings is 1. The molecule has 0 amide bonds. The van der Waals surface area contributed by atoms with E-state index in [1.54, 1.807) is 60.8 Å². The highest BCUT2D eigenvalue weighted by Crippen LogP contribution is 2.29. The van der Waals surface area contributed by atoms with Crippen molar-refractivity contribution in [2.75, 3.05) is 4.72 Å². The van der Waals surface area contributed by atoms with Crippen LogP contribution in [0.3, 0.4) is 0 Å². The SMILES string of the molecule is O=S(=O)(Nc1ccc(Cl)c2ncccc12)c1ccccc1. The smallest absolute Gasteiger partial charge is 0.261 e. The first-order valence-corrected chi connectivity index (χ1v) is 8.05. The van der Waals surface area contributed by atoms with Gasteiger partial charge in [-0.2, -0.15) is 0 Å². The van der Waals surface area contributed by atoms with E-state index in [2.05, 4.69) is 9.71 Å². The normalized spacial score (nSPS) is 11.5. The number of halogens is 1. The number of aromatic nitrogens is 1. The largest absolute Gasteiger partial charge is 0.279 e. The van der Waals surface area contributed by atoms with Crippen LogP contribution >= 0.6 is 11.6 Å². The van der Waals surface area contributed by atoms with Crippen LogP contribution in [0.1, 0.15) is 0 Å². The third-order valence-corrected chi connectivity index (χ3v) is 4.70. The summed E-state index contributed by atoms with van der Waals surface area (Å²) in [5.74, 6) is 0. The van der Waals surface area contributed by atoms with E-state index in [-0.39, 0.29) is 4.90 Å². The highest BCUT2D eigenvalue weighted by molar-refractivity contribution is 7.92. The van der Waals surface area contributed by atoms with E-state index in [4.69, 9.17) is 11.6 Å². The average molecular weight is 319 g/mol. The Bertz CT molecular complexity index is 896. The van der Waals surface area contributed by atoms with Gasteiger partial charge in [0.25, 0.3) is 10.0 Å². The van der Waals surface area contributed by atoms with Gasteiger partial charge in [-0.25, -0.2) is 8.42 Å². The Kier molecular flexibility index (Phi) is 3.53. The molecule has 0 fully saturated rings. The van der Waals surface area contributed by atoms with Crippen LogP contribution in [0.5, 0.6) is 0 Å². The maximum Gasteiger partial charge on any atom is 0.261 e. The molecule has 4 nitrogen and oxygen atoms in total. The van der Waals surface area contributed by atoms with E-state index in [1.165, 1.54) is 0 Å². The quantitative estimate of drug-likeness (QED) is 0.801. The van der Waals surface area contributed by atoms with Gasteiger partial charge in [0.15, 0.2) is 0 Å². The summed E-state index contributed by atoms with van der Waals surface area (Å²) in [5.41, 5.74) is 1.01. The van der Waals surface area contributed by atoms with Crippen molar-refractivity contribution < 1.29 is 8.42 Å². The second kappa shape index (κ2) is 5.35. The van der Waals surface area contributed by atoms with Gasteiger partial charge in [-0.1, -0.05) is 29.8 Å². The fourth-order valence-electron chi connectivity index (χ4n) is 2.03. The van der Waals surface area contributed by atoms with E-state index in [0.29, 0.717) is 21.6 Å². The standard InChI is InChI=1S/C15H11ClN2O2S/c16-13-8-9-14(12-7-4-10-17-15(12)13)18-21(19,20)11-5-2-1-3-6-11/h1-10,18H. The molecule has 106 valence electrons. The zero-order valence-corrected chi connectivity index (χ0v) is 12.4. The van der Waals surface area contributed by atoms with Crippen molar-refractivity contribution in [1.82, 2.24) is 4.98 Å². The van der Waals surface area contributed by atoms with Gasteiger partial charge in [0.1, 0.15) is 0 Å². The van der Waals surface area contributed by atoms with Crippen LogP contribution in [0.15, 0.2) is 65.7 Å². The van der Waals surface area contributed by atoms with E-state index in [0.717, 1.165) is 0 Å². The third-order valence-electron chi connectivity index (χ3n) is 3.02. The summed E-state index contributed by atoms with van der Waals surface area (Å²) in [6.07, 6.45) is 1.61. The van der Waals surface area contributed by atoms with Gasteiger partial charge in [0.05, 0.1) is 21.1 Å². The third kappa shape index (κ3) is 2.70. The van der Waals surface area contributed by atoms with Gasteiger partial charge in [0, 0.05) is 11.6 Å². The first kappa shape index (κ1) is 13.9. The first-order valence-electron chi connectivity index (χ1n) is 6.19. The van der Waals surface area contributed by atoms with E-state index >= 15 is 0 Å². The number of fused-ring (bicyclic) bond motifs is 1. The molecule has 3 aromatic rings. The Hall–Kier alpha value is -2.11. The molecule has 0 saturated carbocycles. The van der Waals surface area contributed by atoms with Gasteiger partial charge >= 0.3 is 0 Å². The molecule has 6 heteroatoms. The van der Waals surface area contributed by atoms with Gasteiger partial charge in [-0.3, -0.25) is 9.71 Å². The fourth-order valence-corrected chi connectivity index (χ4v) is 3.34. The summed E-state index contributed by atoms with van der Waals surface area (Å²) in [6.45, 7) is 0. The number of hydrogen-bond donors (Lipinski definition) is 1. The minimum atomic E-state index is -3.64. The molecule has 0 unspecified atom stereocenters. The first-order chi connectivity index (χ1) is 10.1. The molecule has 1 aromatic heterocycles. The van der Waals surface area contributed by atoms with Gasteiger partial charge in [0.2, 0.25) is 0 Å². The average Bonchev–Trinajstić information content (AvgIpc) is 2.51. The van der Waals surface area contributed by atoms with Crippen molar-refractivity contribution in [3.63, 3.8) is 0 Å². The van der Waals surface area contributed by atoms with Crippen LogP contribution in [-0.4, -0.2) is 13.4 Å². The number of hydrogen-bond acceptors (Lipinski definition) is 3. The molecule has 0 aliphatic heterocycles. The number of benzene rings is 2. The molecule has 1 N–H and O–H groups in total. The summed E-state index contributed by atoms with van der Waals surface area (Å²) in [4.78, 5) is 4.38. The molecule has 21 heavy (non-hydrogen) atoms. The summed E-state index contributed by atoms with van der Waals surface area (Å²) in [6, 6.07) is 15.0. The molecule has 0 spiro atoms. The molecule has 0 atom stereocenters. The molecule has 3 rings (SSSR count). The van der Waals surface area contributed by atoms with Crippen molar-refractivity contribution >= 4 is 38.2 Å².